The molecule has 1 heterocycles. The van der Waals surface area contributed by atoms with Crippen LogP contribution in [0.25, 0.3) is 0 Å². The maximum Gasteiger partial charge on any atom is 0.397 e. The third kappa shape index (κ3) is 35.1. The van der Waals surface area contributed by atoms with Gasteiger partial charge < -0.3 is 34.3 Å². The van der Waals surface area contributed by atoms with Crippen LogP contribution in [0.2, 0.25) is 0 Å². The molecule has 0 aromatic heterocycles. The topological polar surface area (TPSA) is 178 Å². The number of aliphatic hydroxyl groups excluding tert-OH is 3. The summed E-state index contributed by atoms with van der Waals surface area (Å²) in [5.74, 6) is -0.405. The smallest absolute Gasteiger partial charge is 0.397 e. The van der Waals surface area contributed by atoms with Crippen LogP contribution in [-0.4, -0.2) is 97.5 Å². The Bertz CT molecular complexity index is 1350. The zero-order valence-corrected chi connectivity index (χ0v) is 40.6. The lowest BCUT2D eigenvalue weighted by Crippen LogP contribution is -2.60. The van der Waals surface area contributed by atoms with Gasteiger partial charge in [-0.3, -0.25) is 9.35 Å². The van der Waals surface area contributed by atoms with E-state index in [4.69, 9.17) is 18.9 Å². The zero-order chi connectivity index (χ0) is 46.8. The van der Waals surface area contributed by atoms with Crippen LogP contribution >= 0.6 is 0 Å². The van der Waals surface area contributed by atoms with Gasteiger partial charge in [-0.15, -0.1) is 0 Å². The predicted octanol–water partition coefficient (Wildman–Crippen LogP) is 11.3. The molecule has 372 valence electrons. The summed E-state index contributed by atoms with van der Waals surface area (Å²) in [6, 6.07) is 0. The molecule has 1 rings (SSSR count). The van der Waals surface area contributed by atoms with Crippen molar-refractivity contribution in [1.29, 1.82) is 0 Å². The van der Waals surface area contributed by atoms with Crippen LogP contribution < -0.4 is 0 Å². The number of aliphatic hydroxyl groups is 3. The van der Waals surface area contributed by atoms with E-state index in [9.17, 15) is 33.1 Å². The normalized spacial score (nSPS) is 20.2. The molecule has 12 nitrogen and oxygen atoms in total. The van der Waals surface area contributed by atoms with Crippen LogP contribution in [0.5, 0.6) is 0 Å². The van der Waals surface area contributed by atoms with Gasteiger partial charge in [-0.25, -0.2) is 4.18 Å². The molecule has 1 aliphatic heterocycles. The maximum absolute atomic E-state index is 12.9. The van der Waals surface area contributed by atoms with E-state index >= 15 is 0 Å². The number of esters is 1. The number of carbonyl (C=O) groups excluding carboxylic acids is 1. The third-order valence-corrected chi connectivity index (χ3v) is 11.6. The largest absolute Gasteiger partial charge is 0.457 e. The first-order valence-corrected chi connectivity index (χ1v) is 26.4. The van der Waals surface area contributed by atoms with E-state index in [2.05, 4.69) is 78.8 Å². The highest BCUT2D eigenvalue weighted by atomic mass is 32.3. The Morgan fingerprint density at radius 3 is 1.58 bits per heavy atom. The maximum atomic E-state index is 12.9. The average molecular weight is 927 g/mol. The number of unbranched alkanes of at least 4 members (excludes halogenated alkanes) is 20. The Balaban J connectivity index is 2.38. The molecule has 13 heteroatoms. The van der Waals surface area contributed by atoms with Crippen molar-refractivity contribution >= 4 is 16.4 Å². The summed E-state index contributed by atoms with van der Waals surface area (Å²) in [4.78, 5) is 12.9. The minimum atomic E-state index is -5.07. The fraction of sp³-hybridized carbons (Fsp3) is 0.784. The van der Waals surface area contributed by atoms with Crippen molar-refractivity contribution in [2.45, 2.75) is 230 Å². The minimum Gasteiger partial charge on any atom is -0.457 e. The van der Waals surface area contributed by atoms with Crippen molar-refractivity contribution in [2.75, 3.05) is 26.4 Å². The van der Waals surface area contributed by atoms with Crippen LogP contribution in [0.15, 0.2) is 60.8 Å². The molecule has 64 heavy (non-hydrogen) atoms. The lowest BCUT2D eigenvalue weighted by Gasteiger charge is -2.41. The molecule has 6 unspecified atom stereocenters. The standard InChI is InChI=1S/C51H90O12S/c1-3-5-7-9-11-13-15-17-19-20-21-22-23-24-25-27-29-31-33-35-37-39-41-59-43-45(44-60-51-49(55)50(63-64(56,57)58)48(54)46(42-52)62-51)61-47(53)40-38-36-34-32-30-28-26-18-16-14-12-10-8-6-4-2/h5,7,11,13,17,19,21-22,24-25,45-46,48-52,54-55H,3-4,6,8-10,12,14-16,18,20,23,26-44H2,1-2H3,(H,56,57,58)/b7-5-,13-11-,19-17-,22-21-,25-24-. The summed E-state index contributed by atoms with van der Waals surface area (Å²) in [6.45, 7) is 3.85. The summed E-state index contributed by atoms with van der Waals surface area (Å²) in [5, 5.41) is 30.7. The molecule has 4 N–H and O–H groups in total. The van der Waals surface area contributed by atoms with E-state index < -0.39 is 59.8 Å². The van der Waals surface area contributed by atoms with Crippen molar-refractivity contribution in [1.82, 2.24) is 0 Å². The molecule has 0 spiro atoms. The van der Waals surface area contributed by atoms with Crippen molar-refractivity contribution in [2.24, 2.45) is 0 Å². The van der Waals surface area contributed by atoms with Crippen LogP contribution in [0, 0.1) is 0 Å². The second-order valence-corrected chi connectivity index (χ2v) is 18.1. The van der Waals surface area contributed by atoms with E-state index in [-0.39, 0.29) is 19.6 Å². The van der Waals surface area contributed by atoms with Crippen molar-refractivity contribution < 1.29 is 56.2 Å². The molecule has 0 aromatic carbocycles. The molecule has 1 aliphatic rings. The van der Waals surface area contributed by atoms with Gasteiger partial charge >= 0.3 is 16.4 Å². The molecule has 0 aliphatic carbocycles. The summed E-state index contributed by atoms with van der Waals surface area (Å²) < 4.78 is 59.2. The summed E-state index contributed by atoms with van der Waals surface area (Å²) in [7, 11) is -5.07. The first kappa shape index (κ1) is 59.8. The molecule has 1 fully saturated rings. The monoisotopic (exact) mass is 927 g/mol. The van der Waals surface area contributed by atoms with E-state index in [0.717, 1.165) is 89.9 Å². The number of ether oxygens (including phenoxy) is 4. The SMILES string of the molecule is CC/C=C\C/C=C\C/C=C\C/C=C\C/C=C\CCCCCCCCOCC(COC1OC(CO)C(O)C(OS(=O)(=O)O)C1O)OC(=O)CCCCCCCCCCCCCCCCC. The van der Waals surface area contributed by atoms with Gasteiger partial charge in [-0.1, -0.05) is 190 Å². The van der Waals surface area contributed by atoms with Gasteiger partial charge in [0.25, 0.3) is 0 Å². The highest BCUT2D eigenvalue weighted by molar-refractivity contribution is 7.80. The lowest BCUT2D eigenvalue weighted by molar-refractivity contribution is -0.301. The highest BCUT2D eigenvalue weighted by Gasteiger charge is 2.48. The fourth-order valence-corrected chi connectivity index (χ4v) is 7.91. The molecule has 0 saturated carbocycles. The molecule has 1 saturated heterocycles. The van der Waals surface area contributed by atoms with Gasteiger partial charge in [0.2, 0.25) is 0 Å². The van der Waals surface area contributed by atoms with E-state index in [1.54, 1.807) is 0 Å². The van der Waals surface area contributed by atoms with E-state index in [1.807, 2.05) is 0 Å². The summed E-state index contributed by atoms with van der Waals surface area (Å²) in [5.41, 5.74) is 0. The first-order chi connectivity index (χ1) is 31.1. The van der Waals surface area contributed by atoms with E-state index in [0.29, 0.717) is 13.0 Å². The van der Waals surface area contributed by atoms with Crippen LogP contribution in [-0.2, 0) is 38.3 Å². The van der Waals surface area contributed by atoms with Gasteiger partial charge in [0.1, 0.15) is 30.5 Å². The second kappa shape index (κ2) is 42.2. The molecule has 0 radical (unpaired) electrons. The van der Waals surface area contributed by atoms with Gasteiger partial charge in [-0.05, 0) is 57.8 Å². The van der Waals surface area contributed by atoms with Crippen molar-refractivity contribution in [3.05, 3.63) is 60.8 Å². The fourth-order valence-electron chi connectivity index (χ4n) is 7.41. The average Bonchev–Trinajstić information content (AvgIpc) is 3.27. The summed E-state index contributed by atoms with van der Waals surface area (Å²) in [6.07, 6.45) is 43.9. The van der Waals surface area contributed by atoms with Crippen LogP contribution in [0.1, 0.15) is 194 Å². The molecule has 6 atom stereocenters. The van der Waals surface area contributed by atoms with Crippen molar-refractivity contribution in [3.8, 4) is 0 Å². The number of allylic oxidation sites excluding steroid dienone is 10. The molecule has 0 aromatic rings. The molecule has 0 amide bonds. The van der Waals surface area contributed by atoms with Gasteiger partial charge in [0, 0.05) is 13.0 Å². The molecule has 0 bridgehead atoms. The highest BCUT2D eigenvalue weighted by Crippen LogP contribution is 2.26. The summed E-state index contributed by atoms with van der Waals surface area (Å²) >= 11 is 0. The quantitative estimate of drug-likeness (QED) is 0.0197. The number of rotatable bonds is 43. The Labute approximate surface area is 388 Å². The Kier molecular flexibility index (Phi) is 39.4. The van der Waals surface area contributed by atoms with Gasteiger partial charge in [-0.2, -0.15) is 8.42 Å². The second-order valence-electron chi connectivity index (χ2n) is 17.0. The van der Waals surface area contributed by atoms with Crippen LogP contribution in [0.4, 0.5) is 0 Å². The van der Waals surface area contributed by atoms with E-state index in [1.165, 1.54) is 77.0 Å². The Hall–Kier alpha value is -2.20. The lowest BCUT2D eigenvalue weighted by atomic mass is 9.99. The first-order valence-electron chi connectivity index (χ1n) is 25.0. The van der Waals surface area contributed by atoms with Crippen molar-refractivity contribution in [3.63, 3.8) is 0 Å². The third-order valence-electron chi connectivity index (χ3n) is 11.2. The van der Waals surface area contributed by atoms with Crippen LogP contribution in [0.3, 0.4) is 0 Å². The minimum absolute atomic E-state index is 0.0255. The molecular formula is C51H90O12S. The number of hydrogen-bond donors (Lipinski definition) is 4. The van der Waals surface area contributed by atoms with Gasteiger partial charge in [0.05, 0.1) is 19.8 Å². The number of hydrogen-bond acceptors (Lipinski definition) is 11. The van der Waals surface area contributed by atoms with Gasteiger partial charge in [0.15, 0.2) is 6.29 Å². The Morgan fingerprint density at radius 2 is 1.08 bits per heavy atom. The number of carbonyl (C=O) groups is 1. The Morgan fingerprint density at radius 1 is 0.609 bits per heavy atom. The zero-order valence-electron chi connectivity index (χ0n) is 39.8. The predicted molar refractivity (Wildman–Crippen MR) is 257 cm³/mol. The molecular weight excluding hydrogens is 837 g/mol.